The highest BCUT2D eigenvalue weighted by Crippen LogP contribution is 2.30. The van der Waals surface area contributed by atoms with Crippen molar-refractivity contribution in [1.82, 2.24) is 10.9 Å². The molecule has 1 aromatic rings. The summed E-state index contributed by atoms with van der Waals surface area (Å²) in [6, 6.07) is 1.97. The maximum atomic E-state index is 12.0. The molecule has 114 valence electrons. The molecular weight excluding hydrogens is 284 g/mol. The van der Waals surface area contributed by atoms with Crippen LogP contribution in [0.1, 0.15) is 65.1 Å². The third-order valence-electron chi connectivity index (χ3n) is 4.54. The lowest BCUT2D eigenvalue weighted by Gasteiger charge is -2.09. The molecule has 0 spiro atoms. The van der Waals surface area contributed by atoms with Crippen molar-refractivity contribution < 1.29 is 9.59 Å². The molecule has 1 fully saturated rings. The highest BCUT2D eigenvalue weighted by Gasteiger charge is 2.19. The number of rotatable bonds is 4. The topological polar surface area (TPSA) is 58.2 Å². The van der Waals surface area contributed by atoms with Crippen LogP contribution in [0.4, 0.5) is 0 Å². The van der Waals surface area contributed by atoms with Gasteiger partial charge in [0.15, 0.2) is 0 Å². The van der Waals surface area contributed by atoms with Crippen molar-refractivity contribution in [1.29, 1.82) is 0 Å². The van der Waals surface area contributed by atoms with Crippen LogP contribution >= 0.6 is 11.3 Å². The Morgan fingerprint density at radius 1 is 1.14 bits per heavy atom. The minimum atomic E-state index is -0.191. The number of nitrogens with one attached hydrogen (secondary N) is 2. The van der Waals surface area contributed by atoms with E-state index < -0.39 is 0 Å². The number of carbonyl (C=O) groups is 2. The quantitative estimate of drug-likeness (QED) is 0.840. The SMILES string of the molecule is O=C(CCC1CCCC1)NNC(=O)c1cc2c(s1)CCC2. The minimum Gasteiger partial charge on any atom is -0.273 e. The Balaban J connectivity index is 1.41. The van der Waals surface area contributed by atoms with E-state index in [0.717, 1.165) is 19.3 Å². The summed E-state index contributed by atoms with van der Waals surface area (Å²) < 4.78 is 0. The van der Waals surface area contributed by atoms with E-state index in [4.69, 9.17) is 0 Å². The summed E-state index contributed by atoms with van der Waals surface area (Å²) in [4.78, 5) is 25.8. The zero-order valence-electron chi connectivity index (χ0n) is 12.2. The van der Waals surface area contributed by atoms with E-state index >= 15 is 0 Å². The van der Waals surface area contributed by atoms with Gasteiger partial charge in [-0.15, -0.1) is 11.3 Å². The normalized spacial score (nSPS) is 17.7. The molecule has 0 aliphatic heterocycles. The molecule has 2 amide bonds. The smallest absolute Gasteiger partial charge is 0.273 e. The third-order valence-corrected chi connectivity index (χ3v) is 5.78. The van der Waals surface area contributed by atoms with Crippen molar-refractivity contribution in [2.24, 2.45) is 5.92 Å². The standard InChI is InChI=1S/C16H22N2O2S/c19-15(9-8-11-4-1-2-5-11)17-18-16(20)14-10-12-6-3-7-13(12)21-14/h10-11H,1-9H2,(H,17,19)(H,18,20). The molecule has 1 aromatic heterocycles. The second-order valence-electron chi connectivity index (χ2n) is 6.10. The highest BCUT2D eigenvalue weighted by atomic mass is 32.1. The summed E-state index contributed by atoms with van der Waals surface area (Å²) in [6.45, 7) is 0. The Morgan fingerprint density at radius 2 is 1.95 bits per heavy atom. The lowest BCUT2D eigenvalue weighted by atomic mass is 10.0. The number of carbonyl (C=O) groups excluding carboxylic acids is 2. The summed E-state index contributed by atoms with van der Waals surface area (Å²) >= 11 is 1.55. The molecule has 0 unspecified atom stereocenters. The number of hydrogen-bond acceptors (Lipinski definition) is 3. The largest absolute Gasteiger partial charge is 0.279 e. The number of fused-ring (bicyclic) bond motifs is 1. The van der Waals surface area contributed by atoms with Gasteiger partial charge in [-0.25, -0.2) is 0 Å². The third kappa shape index (κ3) is 3.64. The minimum absolute atomic E-state index is 0.0839. The van der Waals surface area contributed by atoms with Crippen molar-refractivity contribution in [3.8, 4) is 0 Å². The van der Waals surface area contributed by atoms with E-state index in [0.29, 0.717) is 17.2 Å². The van der Waals surface area contributed by atoms with Crippen molar-refractivity contribution >= 4 is 23.2 Å². The van der Waals surface area contributed by atoms with Gasteiger partial charge in [0.05, 0.1) is 4.88 Å². The Labute approximate surface area is 129 Å². The number of hydrogen-bond donors (Lipinski definition) is 2. The van der Waals surface area contributed by atoms with E-state index in [1.54, 1.807) is 11.3 Å². The molecule has 1 heterocycles. The predicted molar refractivity (Wildman–Crippen MR) is 83.1 cm³/mol. The maximum absolute atomic E-state index is 12.0. The van der Waals surface area contributed by atoms with Gasteiger partial charge in [0.2, 0.25) is 5.91 Å². The molecule has 2 aliphatic carbocycles. The molecule has 0 aromatic carbocycles. The maximum Gasteiger partial charge on any atom is 0.279 e. The fraction of sp³-hybridized carbons (Fsp3) is 0.625. The van der Waals surface area contributed by atoms with Crippen molar-refractivity contribution in [2.45, 2.75) is 57.8 Å². The number of aryl methyl sites for hydroxylation is 2. The highest BCUT2D eigenvalue weighted by molar-refractivity contribution is 7.14. The lowest BCUT2D eigenvalue weighted by molar-refractivity contribution is -0.122. The Kier molecular flexibility index (Phi) is 4.58. The molecule has 0 radical (unpaired) electrons. The van der Waals surface area contributed by atoms with E-state index in [-0.39, 0.29) is 11.8 Å². The van der Waals surface area contributed by atoms with Gasteiger partial charge in [-0.1, -0.05) is 25.7 Å². The first-order valence-electron chi connectivity index (χ1n) is 7.93. The zero-order chi connectivity index (χ0) is 14.7. The lowest BCUT2D eigenvalue weighted by Crippen LogP contribution is -2.41. The summed E-state index contributed by atoms with van der Waals surface area (Å²) in [5.74, 6) is 0.426. The van der Waals surface area contributed by atoms with Crippen LogP contribution in [-0.4, -0.2) is 11.8 Å². The number of amides is 2. The molecular formula is C16H22N2O2S. The van der Waals surface area contributed by atoms with Crippen LogP contribution in [0.3, 0.4) is 0 Å². The monoisotopic (exact) mass is 306 g/mol. The van der Waals surface area contributed by atoms with Gasteiger partial charge in [-0.3, -0.25) is 20.4 Å². The summed E-state index contributed by atoms with van der Waals surface area (Å²) in [7, 11) is 0. The fourth-order valence-electron chi connectivity index (χ4n) is 3.33. The van der Waals surface area contributed by atoms with Gasteiger partial charge in [-0.2, -0.15) is 0 Å². The molecule has 2 N–H and O–H groups in total. The first kappa shape index (κ1) is 14.6. The van der Waals surface area contributed by atoms with Crippen LogP contribution in [-0.2, 0) is 17.6 Å². The van der Waals surface area contributed by atoms with Crippen LogP contribution in [0, 0.1) is 5.92 Å². The molecule has 2 aliphatic rings. The summed E-state index contributed by atoms with van der Waals surface area (Å²) in [5.41, 5.74) is 6.38. The van der Waals surface area contributed by atoms with E-state index in [9.17, 15) is 9.59 Å². The van der Waals surface area contributed by atoms with Crippen molar-refractivity contribution in [3.05, 3.63) is 21.4 Å². The second-order valence-corrected chi connectivity index (χ2v) is 7.24. The second kappa shape index (κ2) is 6.60. The van der Waals surface area contributed by atoms with Crippen LogP contribution in [0.5, 0.6) is 0 Å². The molecule has 5 heteroatoms. The first-order valence-corrected chi connectivity index (χ1v) is 8.75. The molecule has 21 heavy (non-hydrogen) atoms. The van der Waals surface area contributed by atoms with Gasteiger partial charge in [0, 0.05) is 11.3 Å². The van der Waals surface area contributed by atoms with Crippen LogP contribution in [0.2, 0.25) is 0 Å². The molecule has 0 atom stereocenters. The van der Waals surface area contributed by atoms with Crippen LogP contribution < -0.4 is 10.9 Å². The zero-order valence-corrected chi connectivity index (χ0v) is 13.1. The van der Waals surface area contributed by atoms with Gasteiger partial charge in [-0.05, 0) is 43.2 Å². The van der Waals surface area contributed by atoms with Crippen LogP contribution in [0.25, 0.3) is 0 Å². The Bertz CT molecular complexity index is 511. The van der Waals surface area contributed by atoms with Gasteiger partial charge in [0.25, 0.3) is 5.91 Å². The Hall–Kier alpha value is -1.36. The fourth-order valence-corrected chi connectivity index (χ4v) is 4.47. The molecule has 3 rings (SSSR count). The van der Waals surface area contributed by atoms with E-state index in [1.807, 2.05) is 6.07 Å². The molecule has 0 saturated heterocycles. The van der Waals surface area contributed by atoms with E-state index in [2.05, 4.69) is 10.9 Å². The number of thiophene rings is 1. The average Bonchev–Trinajstić information content (AvgIpc) is 3.17. The van der Waals surface area contributed by atoms with Gasteiger partial charge < -0.3 is 0 Å². The molecule has 1 saturated carbocycles. The average molecular weight is 306 g/mol. The van der Waals surface area contributed by atoms with Crippen molar-refractivity contribution in [2.75, 3.05) is 0 Å². The summed E-state index contributed by atoms with van der Waals surface area (Å²) in [6.07, 6.45) is 9.90. The van der Waals surface area contributed by atoms with Gasteiger partial charge in [0.1, 0.15) is 0 Å². The number of hydrazine groups is 1. The van der Waals surface area contributed by atoms with Crippen molar-refractivity contribution in [3.63, 3.8) is 0 Å². The Morgan fingerprint density at radius 3 is 2.71 bits per heavy atom. The summed E-state index contributed by atoms with van der Waals surface area (Å²) in [5, 5.41) is 0. The van der Waals surface area contributed by atoms with E-state index in [1.165, 1.54) is 42.5 Å². The van der Waals surface area contributed by atoms with Crippen LogP contribution in [0.15, 0.2) is 6.07 Å². The van der Waals surface area contributed by atoms with Gasteiger partial charge >= 0.3 is 0 Å². The molecule has 4 nitrogen and oxygen atoms in total. The first-order chi connectivity index (χ1) is 10.2. The predicted octanol–water partition coefficient (Wildman–Crippen LogP) is 2.97. The molecule has 0 bridgehead atoms.